The molecular formula is C6H4NO3S. The van der Waals surface area contributed by atoms with E-state index < -0.39 is 4.92 Å². The Morgan fingerprint density at radius 3 is 2.82 bits per heavy atom. The van der Waals surface area contributed by atoms with E-state index >= 15 is 0 Å². The SMILES string of the molecule is O=[C]Cc1ccc([N+](=O)[O-])s1. The van der Waals surface area contributed by atoms with E-state index in [9.17, 15) is 14.9 Å². The quantitative estimate of drug-likeness (QED) is 0.507. The first kappa shape index (κ1) is 7.87. The predicted molar refractivity (Wildman–Crippen MR) is 40.4 cm³/mol. The molecule has 4 nitrogen and oxygen atoms in total. The average Bonchev–Trinajstić information content (AvgIpc) is 2.37. The summed E-state index contributed by atoms with van der Waals surface area (Å²) in [4.78, 5) is 20.2. The summed E-state index contributed by atoms with van der Waals surface area (Å²) < 4.78 is 0. The molecule has 1 heterocycles. The van der Waals surface area contributed by atoms with Gasteiger partial charge in [-0.1, -0.05) is 11.3 Å². The summed E-state index contributed by atoms with van der Waals surface area (Å²) in [7, 11) is 0. The molecule has 0 aromatic carbocycles. The molecule has 0 bridgehead atoms. The summed E-state index contributed by atoms with van der Waals surface area (Å²) in [6, 6.07) is 2.95. The van der Waals surface area contributed by atoms with Crippen molar-refractivity contribution in [3.05, 3.63) is 27.1 Å². The minimum Gasteiger partial charge on any atom is -0.290 e. The van der Waals surface area contributed by atoms with Crippen molar-refractivity contribution in [1.29, 1.82) is 0 Å². The monoisotopic (exact) mass is 170 g/mol. The van der Waals surface area contributed by atoms with Crippen LogP contribution < -0.4 is 0 Å². The minimum atomic E-state index is -0.473. The first-order valence-electron chi connectivity index (χ1n) is 2.82. The van der Waals surface area contributed by atoms with E-state index in [-0.39, 0.29) is 11.4 Å². The van der Waals surface area contributed by atoms with Gasteiger partial charge < -0.3 is 0 Å². The largest absolute Gasteiger partial charge is 0.324 e. The first-order chi connectivity index (χ1) is 5.24. The fourth-order valence-electron chi connectivity index (χ4n) is 0.631. The Kier molecular flexibility index (Phi) is 2.32. The molecule has 0 N–H and O–H groups in total. The molecule has 0 amide bonds. The molecule has 0 saturated heterocycles. The Hall–Kier alpha value is -1.23. The van der Waals surface area contributed by atoms with Gasteiger partial charge in [0, 0.05) is 17.4 Å². The van der Waals surface area contributed by atoms with Crippen molar-refractivity contribution in [2.75, 3.05) is 0 Å². The van der Waals surface area contributed by atoms with Crippen molar-refractivity contribution >= 4 is 22.6 Å². The lowest BCUT2D eigenvalue weighted by atomic mass is 10.4. The van der Waals surface area contributed by atoms with Crippen molar-refractivity contribution in [2.45, 2.75) is 6.42 Å². The van der Waals surface area contributed by atoms with Crippen LogP contribution in [0.3, 0.4) is 0 Å². The lowest BCUT2D eigenvalue weighted by Gasteiger charge is -1.80. The van der Waals surface area contributed by atoms with Crippen LogP contribution in [-0.4, -0.2) is 11.2 Å². The van der Waals surface area contributed by atoms with Crippen molar-refractivity contribution in [3.8, 4) is 0 Å². The maximum atomic E-state index is 10.1. The highest BCUT2D eigenvalue weighted by Gasteiger charge is 2.08. The molecule has 0 saturated carbocycles. The lowest BCUT2D eigenvalue weighted by Crippen LogP contribution is -1.81. The number of nitrogens with zero attached hydrogens (tertiary/aromatic N) is 1. The Labute approximate surface area is 66.6 Å². The van der Waals surface area contributed by atoms with E-state index in [1.807, 2.05) is 0 Å². The van der Waals surface area contributed by atoms with Crippen LogP contribution in [0.1, 0.15) is 4.88 Å². The normalized spacial score (nSPS) is 9.45. The van der Waals surface area contributed by atoms with Gasteiger partial charge in [0.2, 0.25) is 6.29 Å². The molecule has 0 fully saturated rings. The highest BCUT2D eigenvalue weighted by Crippen LogP contribution is 2.23. The van der Waals surface area contributed by atoms with E-state index in [2.05, 4.69) is 0 Å². The number of carbonyl (C=O) groups excluding carboxylic acids is 1. The summed E-state index contributed by atoms with van der Waals surface area (Å²) in [6.07, 6.45) is 1.81. The van der Waals surface area contributed by atoms with Gasteiger partial charge in [-0.2, -0.15) is 0 Å². The number of thiophene rings is 1. The first-order valence-corrected chi connectivity index (χ1v) is 3.64. The zero-order valence-corrected chi connectivity index (χ0v) is 6.26. The van der Waals surface area contributed by atoms with Crippen LogP contribution in [0, 0.1) is 10.1 Å². The molecule has 1 rings (SSSR count). The second-order valence-corrected chi connectivity index (χ2v) is 2.96. The van der Waals surface area contributed by atoms with Gasteiger partial charge in [0.15, 0.2) is 0 Å². The molecule has 0 spiro atoms. The number of hydrogen-bond donors (Lipinski definition) is 0. The third-order valence-electron chi connectivity index (χ3n) is 1.07. The fourth-order valence-corrected chi connectivity index (χ4v) is 1.38. The summed E-state index contributed by atoms with van der Waals surface area (Å²) in [5, 5.41) is 10.2. The van der Waals surface area contributed by atoms with Gasteiger partial charge in [-0.15, -0.1) is 0 Å². The molecule has 1 aromatic heterocycles. The van der Waals surface area contributed by atoms with Crippen LogP contribution in [0.15, 0.2) is 12.1 Å². The Balaban J connectivity index is 2.81. The maximum absolute atomic E-state index is 10.1. The van der Waals surface area contributed by atoms with Crippen molar-refractivity contribution < 1.29 is 9.72 Å². The van der Waals surface area contributed by atoms with E-state index in [0.717, 1.165) is 11.3 Å². The van der Waals surface area contributed by atoms with Crippen LogP contribution >= 0.6 is 11.3 Å². The Morgan fingerprint density at radius 2 is 2.36 bits per heavy atom. The van der Waals surface area contributed by atoms with Crippen LogP contribution in [0.2, 0.25) is 0 Å². The third-order valence-corrected chi connectivity index (χ3v) is 2.11. The van der Waals surface area contributed by atoms with Gasteiger partial charge >= 0.3 is 5.00 Å². The lowest BCUT2D eigenvalue weighted by molar-refractivity contribution is -0.380. The van der Waals surface area contributed by atoms with Gasteiger partial charge in [0.05, 0.1) is 4.92 Å². The van der Waals surface area contributed by atoms with E-state index in [4.69, 9.17) is 0 Å². The smallest absolute Gasteiger partial charge is 0.290 e. The fraction of sp³-hybridized carbons (Fsp3) is 0.167. The van der Waals surface area contributed by atoms with Gasteiger partial charge in [-0.05, 0) is 6.07 Å². The highest BCUT2D eigenvalue weighted by molar-refractivity contribution is 7.15. The van der Waals surface area contributed by atoms with Crippen LogP contribution in [0.25, 0.3) is 0 Å². The molecule has 0 aliphatic heterocycles. The topological polar surface area (TPSA) is 60.2 Å². The number of rotatable bonds is 3. The standard InChI is InChI=1S/C6H4NO3S/c8-4-3-5-1-2-6(11-5)7(9)10/h1-2H,3H2. The predicted octanol–water partition coefficient (Wildman–Crippen LogP) is 1.31. The van der Waals surface area contributed by atoms with E-state index in [0.29, 0.717) is 4.88 Å². The van der Waals surface area contributed by atoms with Gasteiger partial charge in [0.25, 0.3) is 0 Å². The molecule has 11 heavy (non-hydrogen) atoms. The van der Waals surface area contributed by atoms with Crippen LogP contribution in [0.5, 0.6) is 0 Å². The van der Waals surface area contributed by atoms with Gasteiger partial charge in [0.1, 0.15) is 0 Å². The van der Waals surface area contributed by atoms with Gasteiger partial charge in [-0.25, -0.2) is 0 Å². The van der Waals surface area contributed by atoms with Crippen molar-refractivity contribution in [3.63, 3.8) is 0 Å². The van der Waals surface area contributed by atoms with Gasteiger partial charge in [-0.3, -0.25) is 14.9 Å². The zero-order valence-electron chi connectivity index (χ0n) is 5.44. The molecule has 0 aliphatic carbocycles. The van der Waals surface area contributed by atoms with Crippen LogP contribution in [0.4, 0.5) is 5.00 Å². The third kappa shape index (κ3) is 1.84. The minimum absolute atomic E-state index is 0.0650. The Bertz CT molecular complexity index is 281. The molecule has 57 valence electrons. The van der Waals surface area contributed by atoms with E-state index in [1.165, 1.54) is 6.07 Å². The molecule has 0 unspecified atom stereocenters. The Morgan fingerprint density at radius 1 is 1.64 bits per heavy atom. The average molecular weight is 170 g/mol. The molecule has 1 radical (unpaired) electrons. The summed E-state index contributed by atoms with van der Waals surface area (Å²) >= 11 is 1.00. The van der Waals surface area contributed by atoms with E-state index in [1.54, 1.807) is 12.4 Å². The number of hydrogen-bond acceptors (Lipinski definition) is 4. The summed E-state index contributed by atoms with van der Waals surface area (Å²) in [6.45, 7) is 0. The maximum Gasteiger partial charge on any atom is 0.324 e. The summed E-state index contributed by atoms with van der Waals surface area (Å²) in [5.41, 5.74) is 0. The molecule has 1 aromatic rings. The highest BCUT2D eigenvalue weighted by atomic mass is 32.1. The van der Waals surface area contributed by atoms with Crippen molar-refractivity contribution in [2.24, 2.45) is 0 Å². The van der Waals surface area contributed by atoms with Crippen LogP contribution in [-0.2, 0) is 11.2 Å². The zero-order chi connectivity index (χ0) is 8.27. The molecule has 0 aliphatic rings. The van der Waals surface area contributed by atoms with Crippen molar-refractivity contribution in [1.82, 2.24) is 0 Å². The second-order valence-electron chi connectivity index (χ2n) is 1.82. The summed E-state index contributed by atoms with van der Waals surface area (Å²) in [5.74, 6) is 0. The molecule has 5 heteroatoms. The second kappa shape index (κ2) is 3.25. The molecular weight excluding hydrogens is 166 g/mol. The molecule has 0 atom stereocenters. The number of nitro groups is 1.